The zero-order valence-corrected chi connectivity index (χ0v) is 23.7. The summed E-state index contributed by atoms with van der Waals surface area (Å²) >= 11 is 0. The zero-order valence-electron chi connectivity index (χ0n) is 23.7. The van der Waals surface area contributed by atoms with Gasteiger partial charge in [-0.2, -0.15) is 5.26 Å². The molecular formula is C33H38N2O7. The topological polar surface area (TPSA) is 146 Å². The van der Waals surface area contributed by atoms with Gasteiger partial charge in [-0.3, -0.25) is 4.79 Å². The summed E-state index contributed by atoms with van der Waals surface area (Å²) in [5.41, 5.74) is 2.97. The molecule has 9 nitrogen and oxygen atoms in total. The smallest absolute Gasteiger partial charge is 0.336 e. The molecule has 9 heteroatoms. The highest BCUT2D eigenvalue weighted by molar-refractivity contribution is 5.88. The lowest BCUT2D eigenvalue weighted by molar-refractivity contribution is -0.172. The number of unbranched alkanes of at least 4 members (excludes halogenated alkanes) is 4. The molecule has 2 atom stereocenters. The SMILES string of the molecule is N#Cc1ccc(CCCCCOC(C(=O)NCCCCCc2ccc3ccccc3c2)C(OCC(=O)O)C(=O)O)cc1. The van der Waals surface area contributed by atoms with Gasteiger partial charge in [-0.15, -0.1) is 0 Å². The molecule has 0 bridgehead atoms. The standard InChI is InChI=1S/C33H38N2O7/c34-22-26-15-13-24(14-16-26)9-4-2-8-20-41-30(31(33(39)40)42-23-29(36)37)32(38)35-19-7-1-3-10-25-17-18-27-11-5-6-12-28(27)21-25/h5-6,11-18,21,30-31H,1-4,7-10,19-20,23H2,(H,35,38)(H,36,37)(H,39,40). The number of rotatable bonds is 19. The molecule has 1 amide bonds. The molecule has 0 saturated heterocycles. The lowest BCUT2D eigenvalue weighted by Crippen LogP contribution is -2.49. The fourth-order valence-corrected chi connectivity index (χ4v) is 4.65. The Morgan fingerprint density at radius 2 is 1.43 bits per heavy atom. The second-order valence-corrected chi connectivity index (χ2v) is 10.2. The number of nitrogens with one attached hydrogen (secondary N) is 1. The Morgan fingerprint density at radius 3 is 2.12 bits per heavy atom. The van der Waals surface area contributed by atoms with Crippen LogP contribution < -0.4 is 5.32 Å². The maximum Gasteiger partial charge on any atom is 0.336 e. The number of fused-ring (bicyclic) bond motifs is 1. The fourth-order valence-electron chi connectivity index (χ4n) is 4.65. The lowest BCUT2D eigenvalue weighted by atomic mass is 10.0. The minimum atomic E-state index is -1.74. The van der Waals surface area contributed by atoms with Crippen LogP contribution in [0.4, 0.5) is 0 Å². The van der Waals surface area contributed by atoms with E-state index >= 15 is 0 Å². The number of ether oxygens (including phenoxy) is 2. The molecule has 0 fully saturated rings. The van der Waals surface area contributed by atoms with Gasteiger partial charge in [-0.05, 0) is 72.6 Å². The van der Waals surface area contributed by atoms with Crippen LogP contribution in [0.2, 0.25) is 0 Å². The molecule has 42 heavy (non-hydrogen) atoms. The van der Waals surface area contributed by atoms with E-state index in [2.05, 4.69) is 41.7 Å². The Kier molecular flexibility index (Phi) is 13.5. The number of carboxylic acids is 2. The molecule has 0 saturated carbocycles. The number of carboxylic acid groups (broad SMARTS) is 2. The van der Waals surface area contributed by atoms with E-state index in [0.717, 1.165) is 44.1 Å². The highest BCUT2D eigenvalue weighted by Gasteiger charge is 2.36. The quantitative estimate of drug-likeness (QED) is 0.172. The van der Waals surface area contributed by atoms with Crippen molar-refractivity contribution in [3.8, 4) is 6.07 Å². The van der Waals surface area contributed by atoms with Crippen LogP contribution in [0.5, 0.6) is 0 Å². The van der Waals surface area contributed by atoms with Crippen molar-refractivity contribution in [3.05, 3.63) is 83.4 Å². The molecule has 3 N–H and O–H groups in total. The van der Waals surface area contributed by atoms with Crippen LogP contribution in [0.3, 0.4) is 0 Å². The molecular weight excluding hydrogens is 536 g/mol. The number of hydrogen-bond donors (Lipinski definition) is 3. The summed E-state index contributed by atoms with van der Waals surface area (Å²) in [6, 6.07) is 24.1. The molecule has 3 rings (SSSR count). The van der Waals surface area contributed by atoms with Gasteiger partial charge in [0.25, 0.3) is 5.91 Å². The number of nitrogens with zero attached hydrogens (tertiary/aromatic N) is 1. The molecule has 0 aliphatic rings. The number of amides is 1. The highest BCUT2D eigenvalue weighted by Crippen LogP contribution is 2.17. The number of carbonyl (C=O) groups is 3. The predicted octanol–water partition coefficient (Wildman–Crippen LogP) is 4.89. The van der Waals surface area contributed by atoms with E-state index in [4.69, 9.17) is 19.8 Å². The first-order valence-corrected chi connectivity index (χ1v) is 14.3. The van der Waals surface area contributed by atoms with E-state index < -0.39 is 36.7 Å². The van der Waals surface area contributed by atoms with Gasteiger partial charge in [-0.1, -0.05) is 67.4 Å². The van der Waals surface area contributed by atoms with Crippen LogP contribution in [0.1, 0.15) is 55.2 Å². The van der Waals surface area contributed by atoms with Crippen molar-refractivity contribution in [2.75, 3.05) is 19.8 Å². The Hall–Kier alpha value is -4.26. The number of nitriles is 1. The molecule has 3 aromatic rings. The van der Waals surface area contributed by atoms with Crippen LogP contribution >= 0.6 is 0 Å². The zero-order chi connectivity index (χ0) is 30.2. The summed E-state index contributed by atoms with van der Waals surface area (Å²) in [6.45, 7) is -0.396. The predicted molar refractivity (Wildman–Crippen MR) is 158 cm³/mol. The second kappa shape index (κ2) is 17.5. The summed E-state index contributed by atoms with van der Waals surface area (Å²) < 4.78 is 10.7. The Morgan fingerprint density at radius 1 is 0.762 bits per heavy atom. The summed E-state index contributed by atoms with van der Waals surface area (Å²) in [5.74, 6) is -3.44. The molecule has 0 aliphatic heterocycles. The number of carbonyl (C=O) groups excluding carboxylic acids is 1. The first kappa shape index (κ1) is 32.3. The van der Waals surface area contributed by atoms with Gasteiger partial charge in [0.1, 0.15) is 6.61 Å². The summed E-state index contributed by atoms with van der Waals surface area (Å²) in [6.07, 6.45) is 3.24. The van der Waals surface area contributed by atoms with E-state index in [1.807, 2.05) is 24.3 Å². The largest absolute Gasteiger partial charge is 0.480 e. The van der Waals surface area contributed by atoms with Crippen molar-refractivity contribution in [2.45, 2.75) is 63.6 Å². The third-order valence-corrected chi connectivity index (χ3v) is 6.91. The number of aliphatic carboxylic acids is 2. The first-order valence-electron chi connectivity index (χ1n) is 14.3. The molecule has 0 radical (unpaired) electrons. The van der Waals surface area contributed by atoms with Gasteiger partial charge in [0.05, 0.1) is 11.6 Å². The van der Waals surface area contributed by atoms with Gasteiger partial charge in [0.15, 0.2) is 12.2 Å². The van der Waals surface area contributed by atoms with Gasteiger partial charge in [-0.25, -0.2) is 9.59 Å². The first-order chi connectivity index (χ1) is 20.4. The minimum absolute atomic E-state index is 0.122. The van der Waals surface area contributed by atoms with E-state index in [1.54, 1.807) is 12.1 Å². The maximum atomic E-state index is 12.9. The van der Waals surface area contributed by atoms with Crippen LogP contribution in [-0.2, 0) is 36.7 Å². The average Bonchev–Trinajstić information content (AvgIpc) is 2.99. The summed E-state index contributed by atoms with van der Waals surface area (Å²) in [5, 5.41) is 32.6. The average molecular weight is 575 g/mol. The van der Waals surface area contributed by atoms with E-state index in [9.17, 15) is 19.5 Å². The third kappa shape index (κ3) is 11.0. The Bertz CT molecular complexity index is 1350. The minimum Gasteiger partial charge on any atom is -0.480 e. The second-order valence-electron chi connectivity index (χ2n) is 10.2. The van der Waals surface area contributed by atoms with Crippen LogP contribution in [0.25, 0.3) is 10.8 Å². The highest BCUT2D eigenvalue weighted by atomic mass is 16.6. The van der Waals surface area contributed by atoms with Gasteiger partial charge in [0.2, 0.25) is 0 Å². The van der Waals surface area contributed by atoms with Crippen molar-refractivity contribution >= 4 is 28.6 Å². The molecule has 0 heterocycles. The lowest BCUT2D eigenvalue weighted by Gasteiger charge is -2.23. The van der Waals surface area contributed by atoms with Gasteiger partial charge < -0.3 is 25.0 Å². The Balaban J connectivity index is 1.42. The normalized spacial score (nSPS) is 12.4. The Labute approximate surface area is 246 Å². The van der Waals surface area contributed by atoms with Gasteiger partial charge in [0, 0.05) is 13.2 Å². The number of aryl methyl sites for hydroxylation is 2. The number of benzene rings is 3. The molecule has 0 aliphatic carbocycles. The van der Waals surface area contributed by atoms with E-state index in [1.165, 1.54) is 16.3 Å². The van der Waals surface area contributed by atoms with Crippen molar-refractivity contribution in [1.29, 1.82) is 5.26 Å². The molecule has 0 aromatic heterocycles. The van der Waals surface area contributed by atoms with E-state index in [-0.39, 0.29) is 6.61 Å². The molecule has 3 aromatic carbocycles. The molecule has 2 unspecified atom stereocenters. The van der Waals surface area contributed by atoms with E-state index in [0.29, 0.717) is 24.9 Å². The monoisotopic (exact) mass is 574 g/mol. The molecule has 222 valence electrons. The van der Waals surface area contributed by atoms with Crippen molar-refractivity contribution < 1.29 is 34.1 Å². The van der Waals surface area contributed by atoms with Gasteiger partial charge >= 0.3 is 11.9 Å². The third-order valence-electron chi connectivity index (χ3n) is 6.91. The summed E-state index contributed by atoms with van der Waals surface area (Å²) in [4.78, 5) is 35.7. The van der Waals surface area contributed by atoms with Crippen LogP contribution in [0.15, 0.2) is 66.7 Å². The fraction of sp³-hybridized carbons (Fsp3) is 0.394. The van der Waals surface area contributed by atoms with Crippen molar-refractivity contribution in [1.82, 2.24) is 5.32 Å². The van der Waals surface area contributed by atoms with Crippen molar-refractivity contribution in [2.24, 2.45) is 0 Å². The van der Waals surface area contributed by atoms with Crippen LogP contribution in [-0.4, -0.2) is 60.0 Å². The maximum absolute atomic E-state index is 12.9. The summed E-state index contributed by atoms with van der Waals surface area (Å²) in [7, 11) is 0. The molecule has 0 spiro atoms. The van der Waals surface area contributed by atoms with Crippen molar-refractivity contribution in [3.63, 3.8) is 0 Å². The van der Waals surface area contributed by atoms with Crippen LogP contribution in [0, 0.1) is 11.3 Å². The number of hydrogen-bond acceptors (Lipinski definition) is 6.